The first-order valence-electron chi connectivity index (χ1n) is 6.24. The number of rotatable bonds is 5. The number of nitrogens with one attached hydrogen (secondary N) is 2. The Balaban J connectivity index is 2.11. The number of nitrogens with zero attached hydrogens (tertiary/aromatic N) is 1. The lowest BCUT2D eigenvalue weighted by atomic mass is 10.0. The molecule has 5 heteroatoms. The third-order valence-electron chi connectivity index (χ3n) is 3.24. The zero-order valence-electron chi connectivity index (χ0n) is 11.0. The second-order valence-electron chi connectivity index (χ2n) is 4.63. The zero-order chi connectivity index (χ0) is 13.8. The van der Waals surface area contributed by atoms with Crippen molar-refractivity contribution in [3.63, 3.8) is 0 Å². The standard InChI is InChI=1S/C14H18ClN3O/c1-9(13-7-16-18-10(13)2)17-14(8-19)11-3-5-12(15)6-4-11/h3-7,9,14,17,19H,8H2,1-2H3,(H,16,18). The molecule has 4 nitrogen and oxygen atoms in total. The lowest BCUT2D eigenvalue weighted by molar-refractivity contribution is 0.235. The van der Waals surface area contributed by atoms with E-state index < -0.39 is 0 Å². The molecule has 1 aromatic carbocycles. The molecule has 0 spiro atoms. The molecule has 3 N–H and O–H groups in total. The van der Waals surface area contributed by atoms with Crippen molar-refractivity contribution in [2.24, 2.45) is 0 Å². The molecule has 0 aliphatic heterocycles. The summed E-state index contributed by atoms with van der Waals surface area (Å²) in [5.41, 5.74) is 3.15. The van der Waals surface area contributed by atoms with Crippen LogP contribution in [0.2, 0.25) is 5.02 Å². The first kappa shape index (κ1) is 14.1. The third-order valence-corrected chi connectivity index (χ3v) is 3.49. The summed E-state index contributed by atoms with van der Waals surface area (Å²) in [5.74, 6) is 0. The van der Waals surface area contributed by atoms with Crippen LogP contribution in [0.5, 0.6) is 0 Å². The van der Waals surface area contributed by atoms with Crippen molar-refractivity contribution < 1.29 is 5.11 Å². The van der Waals surface area contributed by atoms with Crippen molar-refractivity contribution in [1.82, 2.24) is 15.5 Å². The summed E-state index contributed by atoms with van der Waals surface area (Å²) in [6.07, 6.45) is 1.81. The molecule has 0 aliphatic carbocycles. The molecule has 102 valence electrons. The number of H-pyrrole nitrogens is 1. The number of aromatic nitrogens is 2. The van der Waals surface area contributed by atoms with Gasteiger partial charge in [0.2, 0.25) is 0 Å². The Kier molecular flexibility index (Phi) is 4.58. The van der Waals surface area contributed by atoms with Gasteiger partial charge in [-0.15, -0.1) is 0 Å². The molecule has 2 aromatic rings. The van der Waals surface area contributed by atoms with E-state index in [0.717, 1.165) is 16.8 Å². The van der Waals surface area contributed by atoms with Crippen molar-refractivity contribution in [2.75, 3.05) is 6.61 Å². The number of hydrogen-bond donors (Lipinski definition) is 3. The summed E-state index contributed by atoms with van der Waals surface area (Å²) >= 11 is 5.87. The maximum atomic E-state index is 9.55. The maximum absolute atomic E-state index is 9.55. The summed E-state index contributed by atoms with van der Waals surface area (Å²) < 4.78 is 0. The van der Waals surface area contributed by atoms with E-state index in [1.54, 1.807) is 0 Å². The number of aryl methyl sites for hydroxylation is 1. The average Bonchev–Trinajstić information content (AvgIpc) is 2.83. The monoisotopic (exact) mass is 279 g/mol. The summed E-state index contributed by atoms with van der Waals surface area (Å²) in [6, 6.07) is 7.48. The smallest absolute Gasteiger partial charge is 0.0626 e. The van der Waals surface area contributed by atoms with E-state index in [1.807, 2.05) is 37.4 Å². The fourth-order valence-corrected chi connectivity index (χ4v) is 2.26. The van der Waals surface area contributed by atoms with Crippen molar-refractivity contribution in [3.05, 3.63) is 52.3 Å². The molecule has 2 unspecified atom stereocenters. The maximum Gasteiger partial charge on any atom is 0.0626 e. The normalized spacial score (nSPS) is 14.3. The van der Waals surface area contributed by atoms with E-state index in [4.69, 9.17) is 11.6 Å². The van der Waals surface area contributed by atoms with Crippen molar-refractivity contribution >= 4 is 11.6 Å². The van der Waals surface area contributed by atoms with E-state index >= 15 is 0 Å². The van der Waals surface area contributed by atoms with Gasteiger partial charge in [0.1, 0.15) is 0 Å². The molecule has 0 bridgehead atoms. The van der Waals surface area contributed by atoms with Crippen LogP contribution < -0.4 is 5.32 Å². The Morgan fingerprint density at radius 2 is 2.05 bits per heavy atom. The summed E-state index contributed by atoms with van der Waals surface area (Å²) in [7, 11) is 0. The topological polar surface area (TPSA) is 60.9 Å². The van der Waals surface area contributed by atoms with Gasteiger partial charge in [0, 0.05) is 22.3 Å². The van der Waals surface area contributed by atoms with Gasteiger partial charge in [-0.1, -0.05) is 23.7 Å². The zero-order valence-corrected chi connectivity index (χ0v) is 11.8. The molecular formula is C14H18ClN3O. The van der Waals surface area contributed by atoms with Crippen LogP contribution in [-0.2, 0) is 0 Å². The molecular weight excluding hydrogens is 262 g/mol. The van der Waals surface area contributed by atoms with Gasteiger partial charge < -0.3 is 10.4 Å². The Morgan fingerprint density at radius 3 is 2.58 bits per heavy atom. The Labute approximate surface area is 117 Å². The number of benzene rings is 1. The van der Waals surface area contributed by atoms with Crippen LogP contribution in [0.25, 0.3) is 0 Å². The van der Waals surface area contributed by atoms with E-state index in [2.05, 4.69) is 22.4 Å². The second kappa shape index (κ2) is 6.19. The van der Waals surface area contributed by atoms with Gasteiger partial charge >= 0.3 is 0 Å². The number of aliphatic hydroxyl groups is 1. The van der Waals surface area contributed by atoms with E-state index in [0.29, 0.717) is 5.02 Å². The summed E-state index contributed by atoms with van der Waals surface area (Å²) in [4.78, 5) is 0. The molecule has 0 amide bonds. The Hall–Kier alpha value is -1.36. The minimum absolute atomic E-state index is 0.0306. The SMILES string of the molecule is Cc1[nH]ncc1C(C)NC(CO)c1ccc(Cl)cc1. The highest BCUT2D eigenvalue weighted by Gasteiger charge is 2.16. The highest BCUT2D eigenvalue weighted by atomic mass is 35.5. The Morgan fingerprint density at radius 1 is 1.37 bits per heavy atom. The number of hydrogen-bond acceptors (Lipinski definition) is 3. The summed E-state index contributed by atoms with van der Waals surface area (Å²) in [6.45, 7) is 4.07. The first-order valence-corrected chi connectivity index (χ1v) is 6.62. The van der Waals surface area contributed by atoms with Gasteiger partial charge in [0.05, 0.1) is 18.8 Å². The second-order valence-corrected chi connectivity index (χ2v) is 5.06. The first-order chi connectivity index (χ1) is 9.11. The van der Waals surface area contributed by atoms with Crippen molar-refractivity contribution in [2.45, 2.75) is 25.9 Å². The lowest BCUT2D eigenvalue weighted by Crippen LogP contribution is -2.27. The van der Waals surface area contributed by atoms with E-state index in [-0.39, 0.29) is 18.7 Å². The highest BCUT2D eigenvalue weighted by molar-refractivity contribution is 6.30. The molecule has 19 heavy (non-hydrogen) atoms. The molecule has 0 radical (unpaired) electrons. The molecule has 1 heterocycles. The summed E-state index contributed by atoms with van der Waals surface area (Å²) in [5, 5.41) is 20.6. The Bertz CT molecular complexity index is 524. The third kappa shape index (κ3) is 3.35. The minimum atomic E-state index is -0.124. The minimum Gasteiger partial charge on any atom is -0.394 e. The van der Waals surface area contributed by atoms with Gasteiger partial charge in [0.15, 0.2) is 0 Å². The van der Waals surface area contributed by atoms with Crippen LogP contribution in [0, 0.1) is 6.92 Å². The predicted molar refractivity (Wildman–Crippen MR) is 76.2 cm³/mol. The van der Waals surface area contributed by atoms with Gasteiger partial charge in [-0.05, 0) is 31.5 Å². The molecule has 1 aromatic heterocycles. The quantitative estimate of drug-likeness (QED) is 0.789. The van der Waals surface area contributed by atoms with E-state index in [9.17, 15) is 5.11 Å². The van der Waals surface area contributed by atoms with Gasteiger partial charge in [-0.3, -0.25) is 5.10 Å². The number of aromatic amines is 1. The van der Waals surface area contributed by atoms with Crippen molar-refractivity contribution in [1.29, 1.82) is 0 Å². The molecule has 2 atom stereocenters. The van der Waals surface area contributed by atoms with Crippen LogP contribution in [-0.4, -0.2) is 21.9 Å². The molecule has 0 saturated heterocycles. The van der Waals surface area contributed by atoms with Crippen LogP contribution in [0.4, 0.5) is 0 Å². The fraction of sp³-hybridized carbons (Fsp3) is 0.357. The lowest BCUT2D eigenvalue weighted by Gasteiger charge is -2.22. The number of halogens is 1. The average molecular weight is 280 g/mol. The molecule has 0 saturated carbocycles. The molecule has 0 fully saturated rings. The van der Waals surface area contributed by atoms with Crippen LogP contribution in [0.1, 0.15) is 35.8 Å². The fourth-order valence-electron chi connectivity index (χ4n) is 2.14. The largest absolute Gasteiger partial charge is 0.394 e. The highest BCUT2D eigenvalue weighted by Crippen LogP contribution is 2.21. The van der Waals surface area contributed by atoms with Gasteiger partial charge in [-0.25, -0.2) is 0 Å². The molecule has 0 aliphatic rings. The van der Waals surface area contributed by atoms with Crippen LogP contribution in [0.15, 0.2) is 30.5 Å². The van der Waals surface area contributed by atoms with Gasteiger partial charge in [0.25, 0.3) is 0 Å². The van der Waals surface area contributed by atoms with Crippen molar-refractivity contribution in [3.8, 4) is 0 Å². The predicted octanol–water partition coefficient (Wildman–Crippen LogP) is 2.76. The number of aliphatic hydroxyl groups excluding tert-OH is 1. The molecule has 2 rings (SSSR count). The van der Waals surface area contributed by atoms with E-state index in [1.165, 1.54) is 0 Å². The van der Waals surface area contributed by atoms with Crippen LogP contribution >= 0.6 is 11.6 Å². The van der Waals surface area contributed by atoms with Crippen LogP contribution in [0.3, 0.4) is 0 Å². The van der Waals surface area contributed by atoms with Gasteiger partial charge in [-0.2, -0.15) is 5.10 Å².